The predicted octanol–water partition coefficient (Wildman–Crippen LogP) is 4.84. The van der Waals surface area contributed by atoms with Gasteiger partial charge in [-0.05, 0) is 43.3 Å². The van der Waals surface area contributed by atoms with E-state index in [4.69, 9.17) is 9.47 Å². The fourth-order valence-electron chi connectivity index (χ4n) is 3.14. The zero-order chi connectivity index (χ0) is 20.8. The van der Waals surface area contributed by atoms with Gasteiger partial charge in [0.2, 0.25) is 0 Å². The Morgan fingerprint density at radius 1 is 1.07 bits per heavy atom. The number of carbonyl (C=O) groups excluding carboxylic acids is 1. The second kappa shape index (κ2) is 9.67. The van der Waals surface area contributed by atoms with Crippen LogP contribution in [0, 0.1) is 6.92 Å². The number of benzene rings is 2. The summed E-state index contributed by atoms with van der Waals surface area (Å²) < 4.78 is 10.6. The molecule has 0 fully saturated rings. The molecule has 0 amide bonds. The number of thiazole rings is 1. The number of rotatable bonds is 9. The van der Waals surface area contributed by atoms with Gasteiger partial charge in [-0.2, -0.15) is 0 Å². The van der Waals surface area contributed by atoms with Gasteiger partial charge < -0.3 is 9.47 Å². The van der Waals surface area contributed by atoms with Crippen molar-refractivity contribution in [3.8, 4) is 22.1 Å². The van der Waals surface area contributed by atoms with E-state index in [0.717, 1.165) is 39.9 Å². The van der Waals surface area contributed by atoms with Gasteiger partial charge >= 0.3 is 0 Å². The Kier molecular flexibility index (Phi) is 7.01. The summed E-state index contributed by atoms with van der Waals surface area (Å²) in [5.74, 6) is 1.68. The van der Waals surface area contributed by atoms with Gasteiger partial charge in [0.15, 0.2) is 5.78 Å². The molecule has 3 aromatic rings. The molecule has 0 atom stereocenters. The third-order valence-corrected chi connectivity index (χ3v) is 6.00. The maximum atomic E-state index is 13.0. The fraction of sp³-hybridized carbons (Fsp3) is 0.304. The molecule has 1 aromatic heterocycles. The number of aromatic nitrogens is 1. The number of Topliss-reactive ketones (excluding diaryl/α,β-unsaturated/α-hetero) is 1. The Hall–Kier alpha value is -2.70. The number of likely N-dealkylation sites (N-methyl/N-ethyl adjacent to an activating group) is 1. The van der Waals surface area contributed by atoms with Crippen LogP contribution in [0.15, 0.2) is 48.5 Å². The number of ketones is 1. The molecule has 0 aliphatic heterocycles. The van der Waals surface area contributed by atoms with Crippen molar-refractivity contribution in [2.75, 3.05) is 27.3 Å². The lowest BCUT2D eigenvalue weighted by atomic mass is 10.2. The Balaban J connectivity index is 1.74. The van der Waals surface area contributed by atoms with E-state index >= 15 is 0 Å². The van der Waals surface area contributed by atoms with Gasteiger partial charge in [0.25, 0.3) is 0 Å². The molecule has 0 aliphatic rings. The van der Waals surface area contributed by atoms with Crippen LogP contribution in [0.25, 0.3) is 10.6 Å². The number of para-hydroxylation sites is 1. The van der Waals surface area contributed by atoms with Crippen molar-refractivity contribution in [1.82, 2.24) is 9.88 Å². The maximum Gasteiger partial charge on any atom is 0.188 e. The number of methoxy groups -OCH3 is 2. The van der Waals surface area contributed by atoms with Crippen molar-refractivity contribution in [2.45, 2.75) is 20.4 Å². The Labute approximate surface area is 175 Å². The van der Waals surface area contributed by atoms with E-state index in [1.807, 2.05) is 55.5 Å². The lowest BCUT2D eigenvalue weighted by molar-refractivity contribution is 0.0933. The summed E-state index contributed by atoms with van der Waals surface area (Å²) in [7, 11) is 3.30. The predicted molar refractivity (Wildman–Crippen MR) is 117 cm³/mol. The van der Waals surface area contributed by atoms with E-state index in [9.17, 15) is 4.79 Å². The minimum atomic E-state index is 0.0940. The summed E-state index contributed by atoms with van der Waals surface area (Å²) in [6.45, 7) is 5.81. The van der Waals surface area contributed by atoms with Crippen molar-refractivity contribution >= 4 is 17.1 Å². The van der Waals surface area contributed by atoms with Crippen LogP contribution in [0.5, 0.6) is 11.5 Å². The lowest BCUT2D eigenvalue weighted by Crippen LogP contribution is -2.29. The monoisotopic (exact) mass is 410 g/mol. The summed E-state index contributed by atoms with van der Waals surface area (Å²) in [6.07, 6.45) is 0. The first kappa shape index (κ1) is 21.0. The molecular weight excluding hydrogens is 384 g/mol. The average molecular weight is 411 g/mol. The average Bonchev–Trinajstić information content (AvgIpc) is 3.15. The van der Waals surface area contributed by atoms with E-state index in [0.29, 0.717) is 18.0 Å². The van der Waals surface area contributed by atoms with Gasteiger partial charge in [-0.3, -0.25) is 9.69 Å². The highest BCUT2D eigenvalue weighted by Gasteiger charge is 2.20. The molecule has 0 saturated heterocycles. The number of carbonyl (C=O) groups is 1. The van der Waals surface area contributed by atoms with Crippen molar-refractivity contribution in [1.29, 1.82) is 0 Å². The topological polar surface area (TPSA) is 51.7 Å². The quantitative estimate of drug-likeness (QED) is 0.473. The maximum absolute atomic E-state index is 13.0. The van der Waals surface area contributed by atoms with Crippen molar-refractivity contribution in [3.05, 3.63) is 64.7 Å². The van der Waals surface area contributed by atoms with Crippen molar-refractivity contribution in [2.24, 2.45) is 0 Å². The number of ether oxygens (including phenoxy) is 2. The minimum absolute atomic E-state index is 0.0940. The normalized spacial score (nSPS) is 10.9. The highest BCUT2D eigenvalue weighted by atomic mass is 32.1. The zero-order valence-corrected chi connectivity index (χ0v) is 18.1. The molecule has 152 valence electrons. The highest BCUT2D eigenvalue weighted by molar-refractivity contribution is 7.17. The molecule has 0 saturated carbocycles. The van der Waals surface area contributed by atoms with E-state index in [2.05, 4.69) is 16.8 Å². The minimum Gasteiger partial charge on any atom is -0.497 e. The van der Waals surface area contributed by atoms with Gasteiger partial charge in [-0.15, -0.1) is 11.3 Å². The summed E-state index contributed by atoms with van der Waals surface area (Å²) in [5.41, 5.74) is 2.82. The molecule has 3 rings (SSSR count). The first-order chi connectivity index (χ1) is 14.0. The lowest BCUT2D eigenvalue weighted by Gasteiger charge is -2.19. The molecule has 6 heteroatoms. The Bertz CT molecular complexity index is 967. The fourth-order valence-corrected chi connectivity index (χ4v) is 4.16. The first-order valence-electron chi connectivity index (χ1n) is 9.55. The molecule has 29 heavy (non-hydrogen) atoms. The van der Waals surface area contributed by atoms with E-state index in [1.165, 1.54) is 11.3 Å². The number of aryl methyl sites for hydroxylation is 1. The molecule has 5 nitrogen and oxygen atoms in total. The van der Waals surface area contributed by atoms with E-state index < -0.39 is 0 Å². The summed E-state index contributed by atoms with van der Waals surface area (Å²) in [4.78, 5) is 20.5. The SMILES string of the molecule is CCN(CC(=O)c1sc(-c2ccccc2OC)nc1C)Cc1ccc(OC)cc1. The van der Waals surface area contributed by atoms with Crippen LogP contribution in [0.3, 0.4) is 0 Å². The molecule has 2 aromatic carbocycles. The van der Waals surface area contributed by atoms with Crippen LogP contribution in [0.4, 0.5) is 0 Å². The molecule has 0 unspecified atom stereocenters. The highest BCUT2D eigenvalue weighted by Crippen LogP contribution is 2.34. The molecular formula is C23H26N2O3S. The van der Waals surface area contributed by atoms with Crippen LogP contribution in [0.2, 0.25) is 0 Å². The summed E-state index contributed by atoms with van der Waals surface area (Å²) >= 11 is 1.43. The van der Waals surface area contributed by atoms with Crippen molar-refractivity contribution in [3.63, 3.8) is 0 Å². The first-order valence-corrected chi connectivity index (χ1v) is 10.4. The van der Waals surface area contributed by atoms with Gasteiger partial charge in [0.1, 0.15) is 16.5 Å². The van der Waals surface area contributed by atoms with E-state index in [1.54, 1.807) is 14.2 Å². The van der Waals surface area contributed by atoms with Crippen LogP contribution >= 0.6 is 11.3 Å². The number of hydrogen-bond acceptors (Lipinski definition) is 6. The van der Waals surface area contributed by atoms with Crippen LogP contribution in [0.1, 0.15) is 27.9 Å². The standard InChI is InChI=1S/C23H26N2O3S/c1-5-25(14-17-10-12-18(27-3)13-11-17)15-20(26)22-16(2)24-23(29-22)19-8-6-7-9-21(19)28-4/h6-13H,5,14-15H2,1-4H3. The zero-order valence-electron chi connectivity index (χ0n) is 17.3. The number of nitrogens with zero attached hydrogens (tertiary/aromatic N) is 2. The smallest absolute Gasteiger partial charge is 0.188 e. The molecule has 0 radical (unpaired) electrons. The largest absolute Gasteiger partial charge is 0.497 e. The van der Waals surface area contributed by atoms with Crippen LogP contribution in [-0.4, -0.2) is 43.0 Å². The third-order valence-electron chi connectivity index (χ3n) is 4.77. The molecule has 1 heterocycles. The van der Waals surface area contributed by atoms with Gasteiger partial charge in [0.05, 0.1) is 36.9 Å². The molecule has 0 spiro atoms. The van der Waals surface area contributed by atoms with Crippen LogP contribution < -0.4 is 9.47 Å². The van der Waals surface area contributed by atoms with Gasteiger partial charge in [-0.1, -0.05) is 31.2 Å². The van der Waals surface area contributed by atoms with Gasteiger partial charge in [0, 0.05) is 6.54 Å². The molecule has 0 bridgehead atoms. The summed E-state index contributed by atoms with van der Waals surface area (Å²) in [5, 5.41) is 0.807. The van der Waals surface area contributed by atoms with E-state index in [-0.39, 0.29) is 5.78 Å². The Morgan fingerprint density at radius 3 is 2.45 bits per heavy atom. The number of hydrogen-bond donors (Lipinski definition) is 0. The second-order valence-corrected chi connectivity index (χ2v) is 7.71. The second-order valence-electron chi connectivity index (χ2n) is 6.71. The van der Waals surface area contributed by atoms with Crippen molar-refractivity contribution < 1.29 is 14.3 Å². The van der Waals surface area contributed by atoms with Crippen LogP contribution in [-0.2, 0) is 6.54 Å². The third kappa shape index (κ3) is 5.02. The van der Waals surface area contributed by atoms with Gasteiger partial charge in [-0.25, -0.2) is 4.98 Å². The molecule has 0 aliphatic carbocycles. The summed E-state index contributed by atoms with van der Waals surface area (Å²) in [6, 6.07) is 15.7. The Morgan fingerprint density at radius 2 is 1.79 bits per heavy atom. The molecule has 0 N–H and O–H groups in total.